The Balaban J connectivity index is 1.76. The summed E-state index contributed by atoms with van der Waals surface area (Å²) in [7, 11) is 0. The van der Waals surface area contributed by atoms with E-state index in [1.54, 1.807) is 5.38 Å². The van der Waals surface area contributed by atoms with Crippen molar-refractivity contribution >= 4 is 44.2 Å². The van der Waals surface area contributed by atoms with Gasteiger partial charge in [0.25, 0.3) is 0 Å². The number of halogens is 3. The number of rotatable bonds is 7. The Kier molecular flexibility index (Phi) is 5.97. The van der Waals surface area contributed by atoms with Crippen LogP contribution in [0.4, 0.5) is 19.7 Å². The number of nitrogens with zero attached hydrogens (tertiary/aromatic N) is 2. The monoisotopic (exact) mass is 455 g/mol. The molecule has 0 aliphatic heterocycles. The van der Waals surface area contributed by atoms with Crippen molar-refractivity contribution in [3.8, 4) is 11.5 Å². The first-order valence-electron chi connectivity index (χ1n) is 7.63. The lowest BCUT2D eigenvalue weighted by atomic mass is 10.2. The second-order valence-electron chi connectivity index (χ2n) is 5.32. The Labute approximate surface area is 165 Å². The van der Waals surface area contributed by atoms with E-state index in [0.29, 0.717) is 27.5 Å². The Morgan fingerprint density at radius 2 is 2.07 bits per heavy atom. The number of anilines is 2. The predicted molar refractivity (Wildman–Crippen MR) is 99.7 cm³/mol. The fraction of sp³-hybridized carbons (Fsp3) is 0.118. The largest absolute Gasteiger partial charge is 0.481 e. The van der Waals surface area contributed by atoms with Gasteiger partial charge in [0, 0.05) is 24.1 Å². The Hall–Kier alpha value is -2.59. The van der Waals surface area contributed by atoms with Crippen LogP contribution < -0.4 is 10.1 Å². The van der Waals surface area contributed by atoms with E-state index in [-0.39, 0.29) is 12.2 Å². The van der Waals surface area contributed by atoms with E-state index in [4.69, 9.17) is 9.84 Å². The molecule has 6 nitrogen and oxygen atoms in total. The van der Waals surface area contributed by atoms with Gasteiger partial charge in [-0.15, -0.1) is 11.3 Å². The molecule has 2 N–H and O–H groups in total. The summed E-state index contributed by atoms with van der Waals surface area (Å²) >= 11 is 4.52. The third-order valence-electron chi connectivity index (χ3n) is 3.33. The second kappa shape index (κ2) is 8.40. The van der Waals surface area contributed by atoms with Crippen molar-refractivity contribution in [2.45, 2.75) is 12.8 Å². The van der Waals surface area contributed by atoms with Gasteiger partial charge in [-0.05, 0) is 28.1 Å². The van der Waals surface area contributed by atoms with E-state index >= 15 is 0 Å². The van der Waals surface area contributed by atoms with Crippen molar-refractivity contribution in [3.05, 3.63) is 57.6 Å². The zero-order valence-corrected chi connectivity index (χ0v) is 16.0. The number of aromatic nitrogens is 2. The molecule has 27 heavy (non-hydrogen) atoms. The van der Waals surface area contributed by atoms with Gasteiger partial charge >= 0.3 is 5.97 Å². The van der Waals surface area contributed by atoms with Gasteiger partial charge in [-0.3, -0.25) is 4.79 Å². The van der Waals surface area contributed by atoms with Crippen LogP contribution in [0.15, 0.2) is 40.3 Å². The predicted octanol–water partition coefficient (Wildman–Crippen LogP) is 5.13. The maximum Gasteiger partial charge on any atom is 0.303 e. The summed E-state index contributed by atoms with van der Waals surface area (Å²) in [5, 5.41) is 13.9. The minimum absolute atomic E-state index is 0.00804. The normalized spacial score (nSPS) is 10.6. The van der Waals surface area contributed by atoms with E-state index in [2.05, 4.69) is 31.2 Å². The van der Waals surface area contributed by atoms with Crippen molar-refractivity contribution in [3.63, 3.8) is 0 Å². The molecular weight excluding hydrogens is 444 g/mol. The highest BCUT2D eigenvalue weighted by Gasteiger charge is 2.14. The first-order chi connectivity index (χ1) is 12.9. The standard InChI is InChI=1S/C17H12BrF2N3O3S/c18-10-7-21-14(23-17-22-9(8-27-17)4-5-15(24)25)6-13(10)26-16-11(19)2-1-3-12(16)20/h1-3,6-8H,4-5H2,(H,24,25)(H,21,22,23). The minimum atomic E-state index is -0.894. The van der Waals surface area contributed by atoms with Crippen molar-refractivity contribution in [2.24, 2.45) is 0 Å². The topological polar surface area (TPSA) is 84.3 Å². The van der Waals surface area contributed by atoms with Crippen LogP contribution in [0, 0.1) is 11.6 Å². The highest BCUT2D eigenvalue weighted by molar-refractivity contribution is 9.10. The number of pyridine rings is 1. The van der Waals surface area contributed by atoms with Crippen LogP contribution >= 0.6 is 27.3 Å². The number of ether oxygens (including phenoxy) is 1. The number of nitrogens with one attached hydrogen (secondary N) is 1. The minimum Gasteiger partial charge on any atom is -0.481 e. The van der Waals surface area contributed by atoms with Crippen molar-refractivity contribution < 1.29 is 23.4 Å². The van der Waals surface area contributed by atoms with Gasteiger partial charge in [0.05, 0.1) is 16.6 Å². The number of hydrogen-bond donors (Lipinski definition) is 2. The SMILES string of the molecule is O=C(O)CCc1csc(Nc2cc(Oc3c(F)cccc3F)c(Br)cn2)n1. The van der Waals surface area contributed by atoms with Crippen LogP contribution in [-0.4, -0.2) is 21.0 Å². The molecule has 0 saturated heterocycles. The summed E-state index contributed by atoms with van der Waals surface area (Å²) < 4.78 is 33.3. The van der Waals surface area contributed by atoms with E-state index < -0.39 is 23.4 Å². The van der Waals surface area contributed by atoms with Crippen LogP contribution in [0.25, 0.3) is 0 Å². The molecule has 0 fully saturated rings. The molecule has 140 valence electrons. The molecule has 0 atom stereocenters. The molecule has 0 amide bonds. The quantitative estimate of drug-likeness (QED) is 0.513. The molecule has 3 aromatic rings. The van der Waals surface area contributed by atoms with E-state index in [0.717, 1.165) is 12.1 Å². The lowest BCUT2D eigenvalue weighted by Gasteiger charge is -2.11. The molecule has 0 saturated carbocycles. The van der Waals surface area contributed by atoms with Gasteiger partial charge in [-0.2, -0.15) is 0 Å². The molecule has 10 heteroatoms. The fourth-order valence-electron chi connectivity index (χ4n) is 2.08. The fourth-order valence-corrected chi connectivity index (χ4v) is 3.13. The Morgan fingerprint density at radius 3 is 2.78 bits per heavy atom. The molecule has 0 bridgehead atoms. The zero-order valence-electron chi connectivity index (χ0n) is 13.6. The summed E-state index contributed by atoms with van der Waals surface area (Å²) in [6, 6.07) is 4.91. The smallest absolute Gasteiger partial charge is 0.303 e. The third kappa shape index (κ3) is 4.98. The number of para-hydroxylation sites is 1. The molecule has 3 rings (SSSR count). The number of carbonyl (C=O) groups is 1. The molecule has 2 heterocycles. The lowest BCUT2D eigenvalue weighted by Crippen LogP contribution is -1.99. The average Bonchev–Trinajstić information content (AvgIpc) is 3.06. The molecule has 0 aliphatic carbocycles. The lowest BCUT2D eigenvalue weighted by molar-refractivity contribution is -0.136. The molecule has 0 spiro atoms. The third-order valence-corrected chi connectivity index (χ3v) is 4.73. The van der Waals surface area contributed by atoms with E-state index in [1.807, 2.05) is 0 Å². The van der Waals surface area contributed by atoms with Crippen LogP contribution in [0.2, 0.25) is 0 Å². The van der Waals surface area contributed by atoms with Gasteiger partial charge < -0.3 is 15.2 Å². The van der Waals surface area contributed by atoms with Gasteiger partial charge in [0.1, 0.15) is 11.6 Å². The summed E-state index contributed by atoms with van der Waals surface area (Å²) in [5.41, 5.74) is 0.645. The van der Waals surface area contributed by atoms with Crippen LogP contribution in [0.5, 0.6) is 11.5 Å². The first kappa shape index (κ1) is 19.2. The van der Waals surface area contributed by atoms with E-state index in [9.17, 15) is 13.6 Å². The average molecular weight is 456 g/mol. The second-order valence-corrected chi connectivity index (χ2v) is 7.03. The number of carboxylic acid groups (broad SMARTS) is 1. The maximum absolute atomic E-state index is 13.8. The van der Waals surface area contributed by atoms with Gasteiger partial charge in [-0.1, -0.05) is 6.07 Å². The molecule has 0 aliphatic rings. The van der Waals surface area contributed by atoms with Crippen LogP contribution in [-0.2, 0) is 11.2 Å². The van der Waals surface area contributed by atoms with Crippen molar-refractivity contribution in [2.75, 3.05) is 5.32 Å². The van der Waals surface area contributed by atoms with Crippen molar-refractivity contribution in [1.29, 1.82) is 0 Å². The summed E-state index contributed by atoms with van der Waals surface area (Å²) in [4.78, 5) is 19.0. The highest BCUT2D eigenvalue weighted by atomic mass is 79.9. The zero-order chi connectivity index (χ0) is 19.4. The molecule has 2 aromatic heterocycles. The number of carboxylic acids is 1. The number of hydrogen-bond acceptors (Lipinski definition) is 6. The Bertz CT molecular complexity index is 964. The van der Waals surface area contributed by atoms with Crippen LogP contribution in [0.1, 0.15) is 12.1 Å². The summed E-state index contributed by atoms with van der Waals surface area (Å²) in [6.07, 6.45) is 1.74. The van der Waals surface area contributed by atoms with E-state index in [1.165, 1.54) is 29.7 Å². The van der Waals surface area contributed by atoms with Crippen LogP contribution in [0.3, 0.4) is 0 Å². The molecule has 0 unspecified atom stereocenters. The summed E-state index contributed by atoms with van der Waals surface area (Å²) in [5.74, 6) is -2.54. The molecular formula is C17H12BrF2N3O3S. The summed E-state index contributed by atoms with van der Waals surface area (Å²) in [6.45, 7) is 0. The molecule has 1 aromatic carbocycles. The van der Waals surface area contributed by atoms with Gasteiger partial charge in [-0.25, -0.2) is 18.7 Å². The highest BCUT2D eigenvalue weighted by Crippen LogP contribution is 2.34. The van der Waals surface area contributed by atoms with Gasteiger partial charge in [0.2, 0.25) is 0 Å². The maximum atomic E-state index is 13.8. The Morgan fingerprint density at radius 1 is 1.33 bits per heavy atom. The first-order valence-corrected chi connectivity index (χ1v) is 9.30. The number of thiazole rings is 1. The van der Waals surface area contributed by atoms with Gasteiger partial charge in [0.15, 0.2) is 22.5 Å². The molecule has 0 radical (unpaired) electrons. The number of aryl methyl sites for hydroxylation is 1. The van der Waals surface area contributed by atoms with Crippen molar-refractivity contribution in [1.82, 2.24) is 9.97 Å². The number of aliphatic carboxylic acids is 1. The number of benzene rings is 1.